The average molecular weight is 401 g/mol. The van der Waals surface area contributed by atoms with Crippen LogP contribution < -0.4 is 10.5 Å². The third-order valence-corrected chi connectivity index (χ3v) is 5.90. The molecule has 0 aromatic heterocycles. The van der Waals surface area contributed by atoms with E-state index in [1.54, 1.807) is 0 Å². The molecule has 29 heavy (non-hydrogen) atoms. The van der Waals surface area contributed by atoms with E-state index >= 15 is 0 Å². The van der Waals surface area contributed by atoms with Gasteiger partial charge in [-0.1, -0.05) is 111 Å². The van der Waals surface area contributed by atoms with Crippen molar-refractivity contribution in [3.63, 3.8) is 0 Å². The van der Waals surface area contributed by atoms with Crippen molar-refractivity contribution < 1.29 is 0 Å². The second-order valence-electron chi connectivity index (χ2n) is 9.09. The number of unbranched alkanes of at least 4 members (excludes halogenated alkanes) is 9. The highest BCUT2D eigenvalue weighted by atomic mass is 15.9. The van der Waals surface area contributed by atoms with Crippen LogP contribution in [0.2, 0.25) is 0 Å². The number of nitrogens with zero attached hydrogens (tertiary/aromatic N) is 3. The number of hydrazone groups is 1. The van der Waals surface area contributed by atoms with Crippen molar-refractivity contribution in [2.24, 2.45) is 5.10 Å². The molecule has 4 nitrogen and oxygen atoms in total. The summed E-state index contributed by atoms with van der Waals surface area (Å²) in [5.74, 6) is 0.966. The van der Waals surface area contributed by atoms with Crippen LogP contribution in [-0.2, 0) is 0 Å². The predicted molar refractivity (Wildman–Crippen MR) is 127 cm³/mol. The second kappa shape index (κ2) is 12.9. The lowest BCUT2D eigenvalue weighted by atomic mass is 9.92. The lowest BCUT2D eigenvalue weighted by Gasteiger charge is -2.32. The van der Waals surface area contributed by atoms with Crippen LogP contribution in [-0.4, -0.2) is 18.0 Å². The van der Waals surface area contributed by atoms with Gasteiger partial charge in [0.2, 0.25) is 0 Å². The monoisotopic (exact) mass is 400 g/mol. The molecule has 1 aliphatic rings. The minimum atomic E-state index is 0.483. The molecule has 0 spiro atoms. The number of hydrogen-bond donors (Lipinski definition) is 1. The van der Waals surface area contributed by atoms with E-state index in [0.29, 0.717) is 11.8 Å². The molecule has 0 saturated carbocycles. The normalized spacial score (nSPS) is 14.4. The highest BCUT2D eigenvalue weighted by Crippen LogP contribution is 2.36. The predicted octanol–water partition coefficient (Wildman–Crippen LogP) is 7.34. The van der Waals surface area contributed by atoms with Gasteiger partial charge in [0.25, 0.3) is 0 Å². The van der Waals surface area contributed by atoms with Crippen molar-refractivity contribution in [3.8, 4) is 0 Å². The second-order valence-corrected chi connectivity index (χ2v) is 9.09. The molecule has 0 aliphatic carbocycles. The molecule has 164 valence electrons. The molecule has 0 amide bonds. The number of hydrogen-bond acceptors (Lipinski definition) is 4. The van der Waals surface area contributed by atoms with E-state index in [1.165, 1.54) is 81.0 Å². The molecule has 0 fully saturated rings. The maximum atomic E-state index is 4.36. The Kier molecular flexibility index (Phi) is 10.5. The number of hydrazine groups is 2. The van der Waals surface area contributed by atoms with Crippen molar-refractivity contribution in [1.29, 1.82) is 0 Å². The number of para-hydroxylation sites is 1. The van der Waals surface area contributed by atoms with Crippen LogP contribution in [0.25, 0.3) is 0 Å². The quantitative estimate of drug-likeness (QED) is 0.331. The van der Waals surface area contributed by atoms with E-state index in [4.69, 9.17) is 0 Å². The number of anilines is 1. The molecule has 1 aliphatic heterocycles. The molecule has 0 atom stereocenters. The van der Waals surface area contributed by atoms with E-state index in [-0.39, 0.29) is 0 Å². The molecule has 1 heterocycles. The molecule has 4 heteroatoms. The Balaban J connectivity index is 1.83. The van der Waals surface area contributed by atoms with Crippen LogP contribution in [0.5, 0.6) is 0 Å². The molecule has 0 bridgehead atoms. The summed E-state index contributed by atoms with van der Waals surface area (Å²) in [6.07, 6.45) is 15.6. The van der Waals surface area contributed by atoms with Gasteiger partial charge in [0.1, 0.15) is 6.34 Å². The van der Waals surface area contributed by atoms with Crippen LogP contribution in [0.15, 0.2) is 23.3 Å². The molecule has 2 rings (SSSR count). The fourth-order valence-corrected chi connectivity index (χ4v) is 4.12. The first-order valence-corrected chi connectivity index (χ1v) is 12.0. The third kappa shape index (κ3) is 7.33. The van der Waals surface area contributed by atoms with Gasteiger partial charge in [-0.3, -0.25) is 0 Å². The van der Waals surface area contributed by atoms with Crippen LogP contribution >= 0.6 is 0 Å². The van der Waals surface area contributed by atoms with Gasteiger partial charge in [-0.15, -0.1) is 5.12 Å². The minimum absolute atomic E-state index is 0.483. The maximum absolute atomic E-state index is 4.36. The summed E-state index contributed by atoms with van der Waals surface area (Å²) in [5.41, 5.74) is 7.28. The Morgan fingerprint density at radius 3 is 1.83 bits per heavy atom. The number of benzene rings is 1. The van der Waals surface area contributed by atoms with E-state index in [9.17, 15) is 0 Å². The summed E-state index contributed by atoms with van der Waals surface area (Å²) in [6.45, 7) is 12.4. The highest BCUT2D eigenvalue weighted by Gasteiger charge is 2.25. The first-order chi connectivity index (χ1) is 14.1. The first kappa shape index (κ1) is 23.7. The third-order valence-electron chi connectivity index (χ3n) is 5.90. The van der Waals surface area contributed by atoms with Crippen LogP contribution in [0, 0.1) is 0 Å². The van der Waals surface area contributed by atoms with Gasteiger partial charge in [-0.25, -0.2) is 10.5 Å². The molecule has 1 aromatic carbocycles. The SMILES string of the molecule is CCCCCCCCCCCCN1NN=CN1c1c(C(C)C)cccc1C(C)C. The smallest absolute Gasteiger partial charge is 0.133 e. The van der Waals surface area contributed by atoms with Gasteiger partial charge in [0.05, 0.1) is 5.69 Å². The van der Waals surface area contributed by atoms with Crippen molar-refractivity contribution in [2.45, 2.75) is 111 Å². The van der Waals surface area contributed by atoms with Crippen molar-refractivity contribution >= 4 is 12.0 Å². The molecule has 0 radical (unpaired) electrons. The van der Waals surface area contributed by atoms with Gasteiger partial charge in [0, 0.05) is 6.54 Å². The van der Waals surface area contributed by atoms with Gasteiger partial charge < -0.3 is 0 Å². The first-order valence-electron chi connectivity index (χ1n) is 12.0. The lowest BCUT2D eigenvalue weighted by Crippen LogP contribution is -2.44. The minimum Gasteiger partial charge on any atom is -0.242 e. The van der Waals surface area contributed by atoms with Gasteiger partial charge in [0.15, 0.2) is 0 Å². The standard InChI is InChI=1S/C25H44N4/c1-6-7-8-9-10-11-12-13-14-15-19-29-27-26-20-28(29)25-23(21(2)3)17-16-18-24(25)22(4)5/h16-18,20-22,27H,6-15,19H2,1-5H3. The van der Waals surface area contributed by atoms with Gasteiger partial charge in [-0.05, 0) is 29.4 Å². The molecular formula is C25H44N4. The summed E-state index contributed by atoms with van der Waals surface area (Å²) < 4.78 is 0. The molecular weight excluding hydrogens is 356 g/mol. The van der Waals surface area contributed by atoms with Crippen LogP contribution in [0.4, 0.5) is 5.69 Å². The Hall–Kier alpha value is -1.55. The largest absolute Gasteiger partial charge is 0.242 e. The molecule has 1 N–H and O–H groups in total. The molecule has 0 unspecified atom stereocenters. The van der Waals surface area contributed by atoms with E-state index in [2.05, 4.69) is 73.6 Å². The van der Waals surface area contributed by atoms with Crippen LogP contribution in [0.1, 0.15) is 122 Å². The van der Waals surface area contributed by atoms with Crippen LogP contribution in [0.3, 0.4) is 0 Å². The Bertz CT molecular complexity index is 583. The Morgan fingerprint density at radius 1 is 0.793 bits per heavy atom. The Morgan fingerprint density at radius 2 is 1.31 bits per heavy atom. The summed E-state index contributed by atoms with van der Waals surface area (Å²) in [7, 11) is 0. The highest BCUT2D eigenvalue weighted by molar-refractivity contribution is 5.82. The van der Waals surface area contributed by atoms with Crippen molar-refractivity contribution in [1.82, 2.24) is 10.7 Å². The maximum Gasteiger partial charge on any atom is 0.133 e. The summed E-state index contributed by atoms with van der Waals surface area (Å²) in [6, 6.07) is 6.72. The lowest BCUT2D eigenvalue weighted by molar-refractivity contribution is 0.216. The molecule has 1 aromatic rings. The fraction of sp³-hybridized carbons (Fsp3) is 0.720. The van der Waals surface area contributed by atoms with E-state index < -0.39 is 0 Å². The van der Waals surface area contributed by atoms with Gasteiger partial charge >= 0.3 is 0 Å². The Labute approximate surface area is 179 Å². The summed E-state index contributed by atoms with van der Waals surface area (Å²) in [5, 5.41) is 8.78. The summed E-state index contributed by atoms with van der Waals surface area (Å²) >= 11 is 0. The zero-order chi connectivity index (χ0) is 21.1. The zero-order valence-corrected chi connectivity index (χ0v) is 19.6. The van der Waals surface area contributed by atoms with Crippen molar-refractivity contribution in [2.75, 3.05) is 11.6 Å². The zero-order valence-electron chi connectivity index (χ0n) is 19.6. The average Bonchev–Trinajstić information content (AvgIpc) is 3.16. The number of rotatable bonds is 14. The topological polar surface area (TPSA) is 30.9 Å². The van der Waals surface area contributed by atoms with Crippen molar-refractivity contribution in [3.05, 3.63) is 29.3 Å². The summed E-state index contributed by atoms with van der Waals surface area (Å²) in [4.78, 5) is 0. The number of nitrogens with one attached hydrogen (secondary N) is 1. The van der Waals surface area contributed by atoms with E-state index in [1.807, 2.05) is 6.34 Å². The van der Waals surface area contributed by atoms with Gasteiger partial charge in [-0.2, -0.15) is 5.10 Å². The fourth-order valence-electron chi connectivity index (χ4n) is 4.12. The molecule has 0 saturated heterocycles. The van der Waals surface area contributed by atoms with E-state index in [0.717, 1.165) is 6.54 Å².